The minimum Gasteiger partial charge on any atom is -0.464 e. The zero-order valence-electron chi connectivity index (χ0n) is 8.16. The summed E-state index contributed by atoms with van der Waals surface area (Å²) in [6.07, 6.45) is 1.61. The van der Waals surface area contributed by atoms with Crippen LogP contribution in [0, 0.1) is 0 Å². The standard InChI is InChI=1S/C12H9BrO2/c1-8(14)9-4-5-11(13)10(7-9)12-3-2-6-15-12/h2-7H,1H3. The number of ketones is 1. The molecule has 0 atom stereocenters. The molecular formula is C12H9BrO2. The van der Waals surface area contributed by atoms with Gasteiger partial charge in [0.25, 0.3) is 0 Å². The summed E-state index contributed by atoms with van der Waals surface area (Å²) in [5.41, 5.74) is 1.58. The summed E-state index contributed by atoms with van der Waals surface area (Å²) in [5, 5.41) is 0. The summed E-state index contributed by atoms with van der Waals surface area (Å²) < 4.78 is 6.21. The zero-order chi connectivity index (χ0) is 10.8. The Hall–Kier alpha value is -1.35. The predicted molar refractivity (Wildman–Crippen MR) is 61.8 cm³/mol. The fourth-order valence-corrected chi connectivity index (χ4v) is 1.81. The Balaban J connectivity index is 2.55. The van der Waals surface area contributed by atoms with Gasteiger partial charge in [-0.15, -0.1) is 0 Å². The van der Waals surface area contributed by atoms with Gasteiger partial charge in [-0.2, -0.15) is 0 Å². The fraction of sp³-hybridized carbons (Fsp3) is 0.0833. The van der Waals surface area contributed by atoms with Gasteiger partial charge >= 0.3 is 0 Å². The molecule has 1 aromatic carbocycles. The van der Waals surface area contributed by atoms with Crippen molar-refractivity contribution in [1.29, 1.82) is 0 Å². The molecule has 15 heavy (non-hydrogen) atoms. The molecule has 0 aliphatic carbocycles. The maximum absolute atomic E-state index is 11.2. The van der Waals surface area contributed by atoms with Crippen molar-refractivity contribution >= 4 is 21.7 Å². The molecule has 1 heterocycles. The number of rotatable bonds is 2. The average molecular weight is 265 g/mol. The van der Waals surface area contributed by atoms with Crippen LogP contribution < -0.4 is 0 Å². The lowest BCUT2D eigenvalue weighted by Gasteiger charge is -2.03. The average Bonchev–Trinajstić information content (AvgIpc) is 2.71. The van der Waals surface area contributed by atoms with Gasteiger partial charge in [-0.1, -0.05) is 22.0 Å². The summed E-state index contributed by atoms with van der Waals surface area (Å²) in [5.74, 6) is 0.806. The Kier molecular flexibility index (Phi) is 2.73. The van der Waals surface area contributed by atoms with Crippen molar-refractivity contribution in [1.82, 2.24) is 0 Å². The van der Waals surface area contributed by atoms with Crippen LogP contribution >= 0.6 is 15.9 Å². The molecule has 0 spiro atoms. The van der Waals surface area contributed by atoms with E-state index in [0.29, 0.717) is 5.56 Å². The SMILES string of the molecule is CC(=O)c1ccc(Br)c(-c2ccco2)c1. The molecule has 0 saturated carbocycles. The van der Waals surface area contributed by atoms with Crippen LogP contribution in [0.1, 0.15) is 17.3 Å². The first kappa shape index (κ1) is 10.2. The van der Waals surface area contributed by atoms with Crippen LogP contribution in [-0.4, -0.2) is 5.78 Å². The third-order valence-corrected chi connectivity index (χ3v) is 2.85. The maximum Gasteiger partial charge on any atom is 0.159 e. The lowest BCUT2D eigenvalue weighted by molar-refractivity contribution is 0.101. The second-order valence-corrected chi connectivity index (χ2v) is 4.08. The molecule has 0 aliphatic rings. The quantitative estimate of drug-likeness (QED) is 0.770. The van der Waals surface area contributed by atoms with E-state index >= 15 is 0 Å². The van der Waals surface area contributed by atoms with Crippen molar-refractivity contribution in [3.05, 3.63) is 46.6 Å². The van der Waals surface area contributed by atoms with Gasteiger partial charge in [-0.05, 0) is 31.2 Å². The van der Waals surface area contributed by atoms with E-state index < -0.39 is 0 Å². The molecule has 0 fully saturated rings. The first-order chi connectivity index (χ1) is 7.18. The van der Waals surface area contributed by atoms with Crippen molar-refractivity contribution in [2.45, 2.75) is 6.92 Å². The smallest absolute Gasteiger partial charge is 0.159 e. The molecule has 0 radical (unpaired) electrons. The number of halogens is 1. The molecule has 0 unspecified atom stereocenters. The molecule has 0 saturated heterocycles. The molecule has 0 amide bonds. The normalized spacial score (nSPS) is 10.3. The van der Waals surface area contributed by atoms with Crippen LogP contribution in [0.2, 0.25) is 0 Å². The van der Waals surface area contributed by atoms with E-state index in [1.54, 1.807) is 19.3 Å². The lowest BCUT2D eigenvalue weighted by Crippen LogP contribution is -1.92. The highest BCUT2D eigenvalue weighted by atomic mass is 79.9. The van der Waals surface area contributed by atoms with Gasteiger partial charge in [0.15, 0.2) is 5.78 Å². The van der Waals surface area contributed by atoms with E-state index in [-0.39, 0.29) is 5.78 Å². The summed E-state index contributed by atoms with van der Waals surface area (Å²) in [6.45, 7) is 1.55. The molecule has 1 aromatic heterocycles. The summed E-state index contributed by atoms with van der Waals surface area (Å²) in [4.78, 5) is 11.2. The number of carbonyl (C=O) groups excluding carboxylic acids is 1. The molecule has 0 N–H and O–H groups in total. The maximum atomic E-state index is 11.2. The Labute approximate surface area is 96.0 Å². The van der Waals surface area contributed by atoms with E-state index in [0.717, 1.165) is 15.8 Å². The van der Waals surface area contributed by atoms with Gasteiger partial charge in [0.2, 0.25) is 0 Å². The van der Waals surface area contributed by atoms with Crippen molar-refractivity contribution in [3.8, 4) is 11.3 Å². The molecule has 2 nitrogen and oxygen atoms in total. The summed E-state index contributed by atoms with van der Waals surface area (Å²) in [7, 11) is 0. The van der Waals surface area contributed by atoms with Crippen molar-refractivity contribution < 1.29 is 9.21 Å². The van der Waals surface area contributed by atoms with E-state index in [2.05, 4.69) is 15.9 Å². The zero-order valence-corrected chi connectivity index (χ0v) is 9.74. The Morgan fingerprint density at radius 1 is 1.33 bits per heavy atom. The summed E-state index contributed by atoms with van der Waals surface area (Å²) >= 11 is 3.43. The van der Waals surface area contributed by atoms with Gasteiger partial charge in [0, 0.05) is 15.6 Å². The van der Waals surface area contributed by atoms with Crippen LogP contribution in [0.5, 0.6) is 0 Å². The van der Waals surface area contributed by atoms with Gasteiger partial charge in [0.05, 0.1) is 6.26 Å². The Bertz CT molecular complexity index is 486. The number of furan rings is 1. The van der Waals surface area contributed by atoms with Crippen LogP contribution in [0.15, 0.2) is 45.5 Å². The number of carbonyl (C=O) groups is 1. The topological polar surface area (TPSA) is 30.2 Å². The minimum atomic E-state index is 0.0512. The van der Waals surface area contributed by atoms with Crippen molar-refractivity contribution in [3.63, 3.8) is 0 Å². The van der Waals surface area contributed by atoms with Crippen LogP contribution in [-0.2, 0) is 0 Å². The fourth-order valence-electron chi connectivity index (χ4n) is 1.36. The Morgan fingerprint density at radius 3 is 2.73 bits per heavy atom. The monoisotopic (exact) mass is 264 g/mol. The van der Waals surface area contributed by atoms with Gasteiger partial charge in [0.1, 0.15) is 5.76 Å². The molecule has 0 bridgehead atoms. The number of benzene rings is 1. The number of Topliss-reactive ketones (excluding diaryl/α,β-unsaturated/α-hetero) is 1. The first-order valence-electron chi connectivity index (χ1n) is 4.53. The predicted octanol–water partition coefficient (Wildman–Crippen LogP) is 3.91. The second kappa shape index (κ2) is 4.03. The van der Waals surface area contributed by atoms with Gasteiger partial charge in [-0.25, -0.2) is 0 Å². The van der Waals surface area contributed by atoms with Gasteiger partial charge < -0.3 is 4.42 Å². The molecule has 2 rings (SSSR count). The van der Waals surface area contributed by atoms with Crippen LogP contribution in [0.3, 0.4) is 0 Å². The molecule has 76 valence electrons. The summed E-state index contributed by atoms with van der Waals surface area (Å²) in [6, 6.07) is 9.16. The highest BCUT2D eigenvalue weighted by molar-refractivity contribution is 9.10. The first-order valence-corrected chi connectivity index (χ1v) is 5.32. The van der Waals surface area contributed by atoms with E-state index in [1.165, 1.54) is 0 Å². The molecule has 2 aromatic rings. The lowest BCUT2D eigenvalue weighted by atomic mass is 10.1. The highest BCUT2D eigenvalue weighted by Crippen LogP contribution is 2.29. The van der Waals surface area contributed by atoms with Crippen molar-refractivity contribution in [2.75, 3.05) is 0 Å². The number of hydrogen-bond acceptors (Lipinski definition) is 2. The highest BCUT2D eigenvalue weighted by Gasteiger charge is 2.08. The van der Waals surface area contributed by atoms with Crippen LogP contribution in [0.25, 0.3) is 11.3 Å². The molecule has 0 aliphatic heterocycles. The van der Waals surface area contributed by atoms with E-state index in [9.17, 15) is 4.79 Å². The van der Waals surface area contributed by atoms with Crippen LogP contribution in [0.4, 0.5) is 0 Å². The largest absolute Gasteiger partial charge is 0.464 e. The van der Waals surface area contributed by atoms with Gasteiger partial charge in [-0.3, -0.25) is 4.79 Å². The third kappa shape index (κ3) is 2.02. The Morgan fingerprint density at radius 2 is 2.13 bits per heavy atom. The third-order valence-electron chi connectivity index (χ3n) is 2.16. The van der Waals surface area contributed by atoms with E-state index in [4.69, 9.17) is 4.42 Å². The minimum absolute atomic E-state index is 0.0512. The molecular weight excluding hydrogens is 256 g/mol. The molecule has 3 heteroatoms. The van der Waals surface area contributed by atoms with Crippen molar-refractivity contribution in [2.24, 2.45) is 0 Å². The number of hydrogen-bond donors (Lipinski definition) is 0. The van der Waals surface area contributed by atoms with E-state index in [1.807, 2.05) is 24.3 Å². The second-order valence-electron chi connectivity index (χ2n) is 3.23.